The summed E-state index contributed by atoms with van der Waals surface area (Å²) in [6.45, 7) is 7.44. The third-order valence-electron chi connectivity index (χ3n) is 6.50. The average molecular weight is 520 g/mol. The predicted molar refractivity (Wildman–Crippen MR) is 143 cm³/mol. The molecule has 2 heterocycles. The minimum Gasteiger partial charge on any atom is -0.497 e. The fraction of sp³-hybridized carbons (Fsp3) is 0.357. The molecule has 0 aliphatic carbocycles. The summed E-state index contributed by atoms with van der Waals surface area (Å²) in [5, 5.41) is 11.4. The molecule has 38 heavy (non-hydrogen) atoms. The summed E-state index contributed by atoms with van der Waals surface area (Å²) in [5.41, 5.74) is 1.18. The molecule has 2 aromatic heterocycles. The second-order valence-electron chi connectivity index (χ2n) is 9.61. The highest BCUT2D eigenvalue weighted by molar-refractivity contribution is 6.02. The summed E-state index contributed by atoms with van der Waals surface area (Å²) >= 11 is 0. The number of anilines is 1. The van der Waals surface area contributed by atoms with E-state index in [1.165, 1.54) is 23.8 Å². The number of nitrogens with zero attached hydrogens (tertiary/aromatic N) is 4. The number of benzene rings is 2. The van der Waals surface area contributed by atoms with Gasteiger partial charge in [-0.25, -0.2) is 4.68 Å². The summed E-state index contributed by atoms with van der Waals surface area (Å²) in [4.78, 5) is 29.5. The lowest BCUT2D eigenvalue weighted by Gasteiger charge is -2.34. The molecule has 4 rings (SSSR count). The van der Waals surface area contributed by atoms with Crippen LogP contribution in [0.5, 0.6) is 11.5 Å². The number of ether oxygens (including phenoxy) is 2. The zero-order chi connectivity index (χ0) is 27.4. The zero-order valence-electron chi connectivity index (χ0n) is 22.5. The van der Waals surface area contributed by atoms with Crippen molar-refractivity contribution < 1.29 is 23.5 Å². The number of rotatable bonds is 10. The van der Waals surface area contributed by atoms with Crippen LogP contribution in [0, 0.1) is 6.92 Å². The van der Waals surface area contributed by atoms with Gasteiger partial charge in [0.05, 0.1) is 25.4 Å². The fourth-order valence-electron chi connectivity index (χ4n) is 4.11. The van der Waals surface area contributed by atoms with Gasteiger partial charge in [-0.1, -0.05) is 24.3 Å². The number of amides is 2. The Kier molecular flexibility index (Phi) is 7.70. The van der Waals surface area contributed by atoms with Crippen LogP contribution >= 0.6 is 0 Å². The molecule has 0 aliphatic heterocycles. The smallest absolute Gasteiger partial charge is 0.251 e. The van der Waals surface area contributed by atoms with Crippen molar-refractivity contribution in [3.63, 3.8) is 0 Å². The van der Waals surface area contributed by atoms with Gasteiger partial charge in [-0.2, -0.15) is 0 Å². The van der Waals surface area contributed by atoms with E-state index in [0.29, 0.717) is 46.2 Å². The molecule has 1 unspecified atom stereocenters. The van der Waals surface area contributed by atoms with Crippen LogP contribution in [0.15, 0.2) is 59.0 Å². The summed E-state index contributed by atoms with van der Waals surface area (Å²) in [6.07, 6.45) is 0.685. The number of para-hydroxylation sites is 1. The number of fused-ring (bicyclic) bond motifs is 1. The van der Waals surface area contributed by atoms with Gasteiger partial charge in [-0.05, 0) is 63.6 Å². The number of methoxy groups -OCH3 is 2. The molecule has 2 aromatic carbocycles. The van der Waals surface area contributed by atoms with Crippen molar-refractivity contribution in [3.8, 4) is 11.5 Å². The first-order chi connectivity index (χ1) is 18.2. The van der Waals surface area contributed by atoms with E-state index in [1.807, 2.05) is 45.0 Å². The van der Waals surface area contributed by atoms with E-state index in [0.717, 1.165) is 0 Å². The first kappa shape index (κ1) is 26.7. The predicted octanol–water partition coefficient (Wildman–Crippen LogP) is 4.43. The third kappa shape index (κ3) is 5.49. The normalized spacial score (nSPS) is 12.3. The maximum atomic E-state index is 14.2. The van der Waals surface area contributed by atoms with Crippen LogP contribution in [0.4, 0.5) is 5.69 Å². The Bertz CT molecular complexity index is 1440. The topological polar surface area (TPSA) is 112 Å². The van der Waals surface area contributed by atoms with E-state index in [1.54, 1.807) is 37.3 Å². The van der Waals surface area contributed by atoms with E-state index in [4.69, 9.17) is 13.9 Å². The van der Waals surface area contributed by atoms with Gasteiger partial charge in [0.15, 0.2) is 6.04 Å². The minimum atomic E-state index is -1.14. The molecule has 10 nitrogen and oxygen atoms in total. The summed E-state index contributed by atoms with van der Waals surface area (Å²) in [6, 6.07) is 14.8. The molecule has 2 amide bonds. The second-order valence-corrected chi connectivity index (χ2v) is 9.61. The van der Waals surface area contributed by atoms with Gasteiger partial charge < -0.3 is 19.2 Å². The monoisotopic (exact) mass is 519 g/mol. The number of aryl methyl sites for hydroxylation is 1. The zero-order valence-corrected chi connectivity index (χ0v) is 22.5. The number of aromatic nitrogens is 3. The minimum absolute atomic E-state index is 0.179. The quantitative estimate of drug-likeness (QED) is 0.330. The maximum absolute atomic E-state index is 14.2. The van der Waals surface area contributed by atoms with Crippen molar-refractivity contribution in [1.82, 2.24) is 20.3 Å². The number of nitrogens with one attached hydrogen (secondary N) is 1. The van der Waals surface area contributed by atoms with Crippen molar-refractivity contribution in [1.29, 1.82) is 0 Å². The first-order valence-electron chi connectivity index (χ1n) is 12.4. The van der Waals surface area contributed by atoms with Crippen LogP contribution in [0.2, 0.25) is 0 Å². The maximum Gasteiger partial charge on any atom is 0.251 e. The van der Waals surface area contributed by atoms with E-state index in [9.17, 15) is 9.59 Å². The Morgan fingerprint density at radius 3 is 2.53 bits per heavy atom. The van der Waals surface area contributed by atoms with Crippen LogP contribution in [-0.4, -0.2) is 46.6 Å². The number of carbonyl (C=O) groups is 2. The molecule has 0 spiro atoms. The lowest BCUT2D eigenvalue weighted by Crippen LogP contribution is -2.51. The second kappa shape index (κ2) is 11.0. The molecule has 0 radical (unpaired) electrons. The van der Waals surface area contributed by atoms with E-state index in [2.05, 4.69) is 15.6 Å². The van der Waals surface area contributed by atoms with E-state index >= 15 is 0 Å². The molecule has 0 saturated carbocycles. The Balaban J connectivity index is 1.88. The molecule has 1 atom stereocenters. The van der Waals surface area contributed by atoms with E-state index in [-0.39, 0.29) is 6.54 Å². The highest BCUT2D eigenvalue weighted by atomic mass is 16.5. The molecule has 10 heteroatoms. The fourth-order valence-corrected chi connectivity index (χ4v) is 4.11. The molecular weight excluding hydrogens is 486 g/mol. The van der Waals surface area contributed by atoms with Crippen LogP contribution in [0.25, 0.3) is 11.0 Å². The molecule has 4 aromatic rings. The van der Waals surface area contributed by atoms with Gasteiger partial charge in [0.1, 0.15) is 35.1 Å². The van der Waals surface area contributed by atoms with Gasteiger partial charge in [-0.3, -0.25) is 14.5 Å². The van der Waals surface area contributed by atoms with Crippen LogP contribution < -0.4 is 19.7 Å². The number of furan rings is 1. The molecule has 200 valence electrons. The largest absolute Gasteiger partial charge is 0.497 e. The number of hydrogen-bond donors (Lipinski definition) is 1. The van der Waals surface area contributed by atoms with Crippen molar-refractivity contribution in [2.75, 3.05) is 19.1 Å². The molecule has 0 aliphatic rings. The Morgan fingerprint density at radius 2 is 1.87 bits per heavy atom. The average Bonchev–Trinajstić information content (AvgIpc) is 3.52. The van der Waals surface area contributed by atoms with Gasteiger partial charge in [-0.15, -0.1) is 5.10 Å². The standard InChI is InChI=1S/C28H33N5O5/c1-7-28(3,4)29-27(35)26(24-14-12-18(2)38-24)33(22-16-19(36-5)13-15-23(22)37-6)25(34)17-32-21-11-9-8-10-20(21)30-31-32/h8-16,26H,7,17H2,1-6H3,(H,29,35). The molecule has 0 fully saturated rings. The van der Waals surface area contributed by atoms with Crippen molar-refractivity contribution in [2.24, 2.45) is 0 Å². The first-order valence-corrected chi connectivity index (χ1v) is 12.4. The lowest BCUT2D eigenvalue weighted by atomic mass is 10.0. The molecule has 0 saturated heterocycles. The van der Waals surface area contributed by atoms with Gasteiger partial charge >= 0.3 is 0 Å². The highest BCUT2D eigenvalue weighted by Crippen LogP contribution is 2.38. The van der Waals surface area contributed by atoms with Crippen molar-refractivity contribution in [3.05, 3.63) is 66.1 Å². The van der Waals surface area contributed by atoms with Crippen LogP contribution in [-0.2, 0) is 16.1 Å². The van der Waals surface area contributed by atoms with Crippen LogP contribution in [0.1, 0.15) is 44.8 Å². The molecular formula is C28H33N5O5. The Labute approximate surface area is 221 Å². The van der Waals surface area contributed by atoms with E-state index < -0.39 is 23.4 Å². The van der Waals surface area contributed by atoms with Crippen molar-refractivity contribution >= 4 is 28.5 Å². The Hall–Kier alpha value is -4.34. The summed E-state index contributed by atoms with van der Waals surface area (Å²) in [5.74, 6) is 0.990. The van der Waals surface area contributed by atoms with Gasteiger partial charge in [0, 0.05) is 11.6 Å². The van der Waals surface area contributed by atoms with Crippen molar-refractivity contribution in [2.45, 2.75) is 52.2 Å². The number of carbonyl (C=O) groups excluding carboxylic acids is 2. The lowest BCUT2D eigenvalue weighted by molar-refractivity contribution is -0.128. The molecule has 1 N–H and O–H groups in total. The number of hydrogen-bond acceptors (Lipinski definition) is 7. The summed E-state index contributed by atoms with van der Waals surface area (Å²) in [7, 11) is 3.04. The van der Waals surface area contributed by atoms with Gasteiger partial charge in [0.2, 0.25) is 5.91 Å². The van der Waals surface area contributed by atoms with Gasteiger partial charge in [0.25, 0.3) is 5.91 Å². The molecule has 0 bridgehead atoms. The summed E-state index contributed by atoms with van der Waals surface area (Å²) < 4.78 is 18.5. The SMILES string of the molecule is CCC(C)(C)NC(=O)C(c1ccc(C)o1)N(C(=O)Cn1nnc2ccccc21)c1cc(OC)ccc1OC. The third-order valence-corrected chi connectivity index (χ3v) is 6.50. The highest BCUT2D eigenvalue weighted by Gasteiger charge is 2.38. The van der Waals surface area contributed by atoms with Crippen LogP contribution in [0.3, 0.4) is 0 Å². The Morgan fingerprint density at radius 1 is 1.11 bits per heavy atom.